The summed E-state index contributed by atoms with van der Waals surface area (Å²) in [5, 5.41) is -0.640. The molecule has 9 heteroatoms. The average Bonchev–Trinajstić information content (AvgIpc) is 2.26. The zero-order valence-corrected chi connectivity index (χ0v) is 10.4. The van der Waals surface area contributed by atoms with Crippen LogP contribution in [0.15, 0.2) is 18.2 Å². The van der Waals surface area contributed by atoms with Crippen LogP contribution < -0.4 is 5.30 Å². The van der Waals surface area contributed by atoms with Crippen LogP contribution in [0.3, 0.4) is 0 Å². The molecule has 0 amide bonds. The zero-order chi connectivity index (χ0) is 14.8. The second-order valence-electron chi connectivity index (χ2n) is 3.44. The van der Waals surface area contributed by atoms with E-state index in [0.717, 1.165) is 0 Å². The van der Waals surface area contributed by atoms with Crippen molar-refractivity contribution in [1.82, 2.24) is 0 Å². The van der Waals surface area contributed by atoms with Crippen LogP contribution in [-0.4, -0.2) is 6.61 Å². The summed E-state index contributed by atoms with van der Waals surface area (Å²) >= 11 is 0. The van der Waals surface area contributed by atoms with Crippen molar-refractivity contribution < 1.29 is 35.4 Å². The van der Waals surface area contributed by atoms with Crippen LogP contribution in [0, 0.1) is 0 Å². The third-order valence-electron chi connectivity index (χ3n) is 2.03. The summed E-state index contributed by atoms with van der Waals surface area (Å²) in [6.07, 6.45) is -9.92. The number of benzene rings is 1. The number of alkyl halides is 6. The lowest BCUT2D eigenvalue weighted by atomic mass is 10.1. The Morgan fingerprint density at radius 1 is 1.00 bits per heavy atom. The molecule has 0 aliphatic carbocycles. The largest absolute Gasteiger partial charge is 0.548 e. The molecule has 1 rings (SSSR count). The minimum absolute atomic E-state index is 0.0291. The first-order chi connectivity index (χ1) is 8.55. The zero-order valence-electron chi connectivity index (χ0n) is 9.47. The van der Waals surface area contributed by atoms with Crippen molar-refractivity contribution in [2.75, 3.05) is 6.61 Å². The Kier molecular flexibility index (Phi) is 4.58. The molecule has 1 aromatic carbocycles. The van der Waals surface area contributed by atoms with Crippen molar-refractivity contribution in [2.24, 2.45) is 0 Å². The molecular weight excluding hydrogens is 297 g/mol. The van der Waals surface area contributed by atoms with Gasteiger partial charge in [-0.3, -0.25) is 0 Å². The average molecular weight is 305 g/mol. The molecule has 0 aromatic heterocycles. The third kappa shape index (κ3) is 4.18. The van der Waals surface area contributed by atoms with Crippen LogP contribution in [-0.2, 0) is 21.4 Å². The standard InChI is InChI=1S/C10H8F6O2P/c1-2-18-19(17)8-4-6(9(11,12)13)3-7(5-8)10(14,15)16/h3-5H,2H2,1H3/q+1. The third-order valence-corrected chi connectivity index (χ3v) is 3.20. The van der Waals surface area contributed by atoms with E-state index in [1.54, 1.807) is 0 Å². The summed E-state index contributed by atoms with van der Waals surface area (Å²) in [5.41, 5.74) is -3.03. The Bertz CT molecular complexity index is 448. The number of hydrogen-bond donors (Lipinski definition) is 0. The highest BCUT2D eigenvalue weighted by Gasteiger charge is 2.39. The van der Waals surface area contributed by atoms with Gasteiger partial charge in [0.2, 0.25) is 5.30 Å². The van der Waals surface area contributed by atoms with Gasteiger partial charge in [-0.1, -0.05) is 0 Å². The van der Waals surface area contributed by atoms with Crippen LogP contribution >= 0.6 is 8.03 Å². The van der Waals surface area contributed by atoms with Gasteiger partial charge in [0.15, 0.2) is 0 Å². The highest BCUT2D eigenvalue weighted by molar-refractivity contribution is 7.48. The van der Waals surface area contributed by atoms with E-state index < -0.39 is 36.8 Å². The number of halogens is 6. The van der Waals surface area contributed by atoms with Gasteiger partial charge in [0.25, 0.3) is 0 Å². The molecule has 0 fully saturated rings. The Balaban J connectivity index is 3.37. The summed E-state index contributed by atoms with van der Waals surface area (Å²) < 4.78 is 90.8. The number of rotatable bonds is 3. The molecule has 0 radical (unpaired) electrons. The van der Waals surface area contributed by atoms with Crippen molar-refractivity contribution in [3.05, 3.63) is 29.3 Å². The SMILES string of the molecule is CCO[P+](=O)c1cc(C(F)(F)F)cc(C(F)(F)F)c1. The van der Waals surface area contributed by atoms with Gasteiger partial charge >= 0.3 is 20.4 Å². The fourth-order valence-electron chi connectivity index (χ4n) is 1.24. The molecule has 0 saturated heterocycles. The fraction of sp³-hybridized carbons (Fsp3) is 0.400. The van der Waals surface area contributed by atoms with E-state index >= 15 is 0 Å². The smallest absolute Gasteiger partial charge is 0.166 e. The van der Waals surface area contributed by atoms with E-state index in [1.165, 1.54) is 6.92 Å². The van der Waals surface area contributed by atoms with Gasteiger partial charge in [0.1, 0.15) is 6.61 Å². The van der Waals surface area contributed by atoms with E-state index in [-0.39, 0.29) is 12.7 Å². The summed E-state index contributed by atoms with van der Waals surface area (Å²) in [6, 6.07) is 0.756. The van der Waals surface area contributed by atoms with Crippen molar-refractivity contribution in [1.29, 1.82) is 0 Å². The Morgan fingerprint density at radius 3 is 1.74 bits per heavy atom. The topological polar surface area (TPSA) is 26.3 Å². The van der Waals surface area contributed by atoms with E-state index in [9.17, 15) is 30.9 Å². The van der Waals surface area contributed by atoms with Crippen LogP contribution in [0.1, 0.15) is 18.1 Å². The highest BCUT2D eigenvalue weighted by Crippen LogP contribution is 2.36. The van der Waals surface area contributed by atoms with Crippen LogP contribution in [0.2, 0.25) is 0 Å². The van der Waals surface area contributed by atoms with E-state index in [1.807, 2.05) is 0 Å². The van der Waals surface area contributed by atoms with E-state index in [4.69, 9.17) is 0 Å². The van der Waals surface area contributed by atoms with Crippen LogP contribution in [0.25, 0.3) is 0 Å². The first-order valence-electron chi connectivity index (χ1n) is 4.95. The highest BCUT2D eigenvalue weighted by atomic mass is 31.1. The van der Waals surface area contributed by atoms with Crippen molar-refractivity contribution in [3.63, 3.8) is 0 Å². The molecule has 0 saturated carbocycles. The quantitative estimate of drug-likeness (QED) is 0.620. The summed E-state index contributed by atoms with van der Waals surface area (Å²) in [6.45, 7) is 1.33. The molecule has 0 bridgehead atoms. The van der Waals surface area contributed by atoms with Gasteiger partial charge in [0, 0.05) is 12.1 Å². The van der Waals surface area contributed by atoms with Crippen molar-refractivity contribution in [2.45, 2.75) is 19.3 Å². The lowest BCUT2D eigenvalue weighted by Crippen LogP contribution is -2.15. The predicted octanol–water partition coefficient (Wildman–Crippen LogP) is 4.13. The summed E-state index contributed by atoms with van der Waals surface area (Å²) in [7, 11) is -2.75. The predicted molar refractivity (Wildman–Crippen MR) is 55.3 cm³/mol. The molecule has 106 valence electrons. The molecular formula is C10H8F6O2P+. The summed E-state index contributed by atoms with van der Waals surface area (Å²) in [4.78, 5) is 0. The Hall–Kier alpha value is -1.14. The molecule has 19 heavy (non-hydrogen) atoms. The minimum atomic E-state index is -4.96. The van der Waals surface area contributed by atoms with Crippen LogP contribution in [0.4, 0.5) is 26.3 Å². The molecule has 0 spiro atoms. The van der Waals surface area contributed by atoms with Gasteiger partial charge in [-0.05, 0) is 17.6 Å². The second kappa shape index (κ2) is 5.46. The maximum absolute atomic E-state index is 12.5. The van der Waals surface area contributed by atoms with E-state index in [0.29, 0.717) is 12.1 Å². The van der Waals surface area contributed by atoms with Gasteiger partial charge in [0.05, 0.1) is 11.1 Å². The van der Waals surface area contributed by atoms with Gasteiger partial charge in [-0.2, -0.15) is 26.3 Å². The molecule has 0 heterocycles. The van der Waals surface area contributed by atoms with Crippen molar-refractivity contribution >= 4 is 13.3 Å². The first kappa shape index (κ1) is 15.9. The molecule has 0 N–H and O–H groups in total. The second-order valence-corrected chi connectivity index (χ2v) is 4.73. The molecule has 0 aliphatic rings. The monoisotopic (exact) mass is 305 g/mol. The Labute approximate surface area is 105 Å². The molecule has 2 nitrogen and oxygen atoms in total. The minimum Gasteiger partial charge on any atom is -0.166 e. The van der Waals surface area contributed by atoms with Crippen molar-refractivity contribution in [3.8, 4) is 0 Å². The molecule has 0 aliphatic heterocycles. The van der Waals surface area contributed by atoms with Gasteiger partial charge in [-0.25, -0.2) is 0 Å². The maximum Gasteiger partial charge on any atom is 0.548 e. The molecule has 1 unspecified atom stereocenters. The van der Waals surface area contributed by atoms with Gasteiger partial charge < -0.3 is 0 Å². The normalized spacial score (nSPS) is 13.5. The lowest BCUT2D eigenvalue weighted by molar-refractivity contribution is -0.142. The number of hydrogen-bond acceptors (Lipinski definition) is 2. The molecule has 1 aromatic rings. The molecule has 1 atom stereocenters. The van der Waals surface area contributed by atoms with Gasteiger partial charge in [-0.15, -0.1) is 4.52 Å². The summed E-state index contributed by atoms with van der Waals surface area (Å²) in [5.74, 6) is 0. The first-order valence-corrected chi connectivity index (χ1v) is 6.13. The van der Waals surface area contributed by atoms with E-state index in [2.05, 4.69) is 4.52 Å². The van der Waals surface area contributed by atoms with Crippen LogP contribution in [0.5, 0.6) is 0 Å². The fourth-order valence-corrected chi connectivity index (χ4v) is 2.11. The maximum atomic E-state index is 12.5. The Morgan fingerprint density at radius 2 is 1.42 bits per heavy atom. The lowest BCUT2D eigenvalue weighted by Gasteiger charge is -2.10.